The molecule has 1 aromatic heterocycles. The van der Waals surface area contributed by atoms with E-state index in [1.807, 2.05) is 37.4 Å². The van der Waals surface area contributed by atoms with Gasteiger partial charge in [0.2, 0.25) is 0 Å². The van der Waals surface area contributed by atoms with Crippen LogP contribution in [-0.4, -0.2) is 53.2 Å². The minimum Gasteiger partial charge on any atom is -0.390 e. The topological polar surface area (TPSA) is 72.8 Å². The summed E-state index contributed by atoms with van der Waals surface area (Å²) < 4.78 is 0. The molecule has 4 rings (SSSR count). The van der Waals surface area contributed by atoms with Crippen molar-refractivity contribution in [2.75, 3.05) is 26.2 Å². The quantitative estimate of drug-likeness (QED) is 0.242. The number of nitrogens with one attached hydrogen (secondary N) is 2. The van der Waals surface area contributed by atoms with Crippen molar-refractivity contribution in [3.63, 3.8) is 0 Å². The number of hydrogen-bond donors (Lipinski definition) is 3. The van der Waals surface area contributed by atoms with E-state index in [-0.39, 0.29) is 24.0 Å². The van der Waals surface area contributed by atoms with Crippen molar-refractivity contribution < 1.29 is 5.11 Å². The molecule has 0 spiro atoms. The summed E-state index contributed by atoms with van der Waals surface area (Å²) in [7, 11) is 0. The Hall–Kier alpha value is -2.23. The van der Waals surface area contributed by atoms with Crippen LogP contribution in [-0.2, 0) is 19.5 Å². The first-order valence-corrected chi connectivity index (χ1v) is 11.0. The summed E-state index contributed by atoms with van der Waals surface area (Å²) in [6.07, 6.45) is 2.41. The van der Waals surface area contributed by atoms with Gasteiger partial charge in [-0.25, -0.2) is 4.99 Å². The Morgan fingerprint density at radius 2 is 1.88 bits per heavy atom. The zero-order valence-corrected chi connectivity index (χ0v) is 20.8. The van der Waals surface area contributed by atoms with E-state index in [1.165, 1.54) is 11.1 Å². The minimum atomic E-state index is -0.462. The van der Waals surface area contributed by atoms with Crippen molar-refractivity contribution >= 4 is 40.8 Å². The van der Waals surface area contributed by atoms with Crippen molar-refractivity contribution in [1.82, 2.24) is 20.5 Å². The van der Waals surface area contributed by atoms with Gasteiger partial charge in [-0.1, -0.05) is 42.5 Å². The molecule has 2 heterocycles. The number of pyridine rings is 1. The first-order chi connectivity index (χ1) is 15.2. The van der Waals surface area contributed by atoms with E-state index < -0.39 is 6.10 Å². The van der Waals surface area contributed by atoms with Gasteiger partial charge in [-0.05, 0) is 42.2 Å². The normalized spacial score (nSPS) is 15.0. The number of halogens is 1. The summed E-state index contributed by atoms with van der Waals surface area (Å²) in [5, 5.41) is 18.3. The number of aliphatic imine (C=N–C) groups is 1. The number of fused-ring (bicyclic) bond motifs is 2. The molecule has 0 radical (unpaired) electrons. The van der Waals surface area contributed by atoms with Crippen LogP contribution < -0.4 is 10.6 Å². The molecule has 3 aromatic rings. The van der Waals surface area contributed by atoms with Gasteiger partial charge < -0.3 is 15.7 Å². The molecule has 1 aliphatic rings. The third kappa shape index (κ3) is 6.40. The molecular weight excluding hydrogens is 513 g/mol. The molecule has 6 nitrogen and oxygen atoms in total. The predicted octanol–water partition coefficient (Wildman–Crippen LogP) is 3.33. The van der Waals surface area contributed by atoms with E-state index in [0.717, 1.165) is 42.5 Å². The number of guanidine groups is 1. The smallest absolute Gasteiger partial charge is 0.191 e. The fourth-order valence-electron chi connectivity index (χ4n) is 4.09. The highest BCUT2D eigenvalue weighted by Crippen LogP contribution is 2.19. The van der Waals surface area contributed by atoms with E-state index in [1.54, 1.807) is 0 Å². The number of β-amino-alcohol motifs (C(OH)–C–C–N with tert-alkyl or cyclic N) is 1. The molecule has 0 fully saturated rings. The Balaban J connectivity index is 0.00000289. The number of para-hydroxylation sites is 1. The zero-order valence-electron chi connectivity index (χ0n) is 18.5. The molecule has 1 unspecified atom stereocenters. The molecule has 1 aliphatic heterocycles. The van der Waals surface area contributed by atoms with Gasteiger partial charge in [-0.2, -0.15) is 0 Å². The SMILES string of the molecule is CCNC(=NCc1ccnc2ccccc12)NCC(O)CN1CCc2ccccc2C1.I. The maximum absolute atomic E-state index is 10.6. The van der Waals surface area contributed by atoms with Gasteiger partial charge in [0.05, 0.1) is 18.2 Å². The number of nitrogens with zero attached hydrogens (tertiary/aromatic N) is 3. The maximum Gasteiger partial charge on any atom is 0.191 e. The fraction of sp³-hybridized carbons (Fsp3) is 0.360. The van der Waals surface area contributed by atoms with Gasteiger partial charge in [0.1, 0.15) is 0 Å². The fourth-order valence-corrected chi connectivity index (χ4v) is 4.09. The third-order valence-corrected chi connectivity index (χ3v) is 5.67. The van der Waals surface area contributed by atoms with Crippen molar-refractivity contribution in [3.05, 3.63) is 77.5 Å². The zero-order chi connectivity index (χ0) is 21.5. The van der Waals surface area contributed by atoms with Gasteiger partial charge in [-0.3, -0.25) is 9.88 Å². The molecule has 0 bridgehead atoms. The largest absolute Gasteiger partial charge is 0.390 e. The molecule has 0 saturated carbocycles. The molecule has 0 saturated heterocycles. The molecule has 2 aromatic carbocycles. The lowest BCUT2D eigenvalue weighted by Crippen LogP contribution is -2.45. The van der Waals surface area contributed by atoms with Crippen LogP contribution in [0.15, 0.2) is 65.8 Å². The average Bonchev–Trinajstić information content (AvgIpc) is 2.81. The summed E-state index contributed by atoms with van der Waals surface area (Å²) in [6.45, 7) is 6.35. The lowest BCUT2D eigenvalue weighted by Gasteiger charge is -2.30. The second kappa shape index (κ2) is 12.1. The van der Waals surface area contributed by atoms with Crippen LogP contribution in [0.4, 0.5) is 0 Å². The third-order valence-electron chi connectivity index (χ3n) is 5.67. The van der Waals surface area contributed by atoms with E-state index in [9.17, 15) is 5.11 Å². The summed E-state index contributed by atoms with van der Waals surface area (Å²) in [5.41, 5.74) is 4.91. The van der Waals surface area contributed by atoms with Crippen LogP contribution in [0.1, 0.15) is 23.6 Å². The monoisotopic (exact) mass is 545 g/mol. The summed E-state index contributed by atoms with van der Waals surface area (Å²) >= 11 is 0. The van der Waals surface area contributed by atoms with Crippen molar-refractivity contribution in [1.29, 1.82) is 0 Å². The van der Waals surface area contributed by atoms with E-state index in [0.29, 0.717) is 25.6 Å². The summed E-state index contributed by atoms with van der Waals surface area (Å²) in [5.74, 6) is 0.714. The number of hydrogen-bond acceptors (Lipinski definition) is 4. The van der Waals surface area contributed by atoms with Crippen LogP contribution in [0.25, 0.3) is 10.9 Å². The number of aliphatic hydroxyl groups is 1. The number of aromatic nitrogens is 1. The standard InChI is InChI=1S/C25H31N5O.HI/c1-2-26-25(28-15-20-11-13-27-24-10-6-5-9-23(20)24)29-16-22(31)18-30-14-12-19-7-3-4-8-21(19)17-30;/h3-11,13,22,31H,2,12,14-18H2,1H3,(H2,26,28,29);1H. The van der Waals surface area contributed by atoms with Crippen LogP contribution in [0.5, 0.6) is 0 Å². The molecule has 0 amide bonds. The van der Waals surface area contributed by atoms with E-state index >= 15 is 0 Å². The lowest BCUT2D eigenvalue weighted by molar-refractivity contribution is 0.108. The molecule has 32 heavy (non-hydrogen) atoms. The lowest BCUT2D eigenvalue weighted by atomic mass is 10.00. The molecule has 1 atom stereocenters. The van der Waals surface area contributed by atoms with Crippen LogP contribution in [0.2, 0.25) is 0 Å². The number of aliphatic hydroxyl groups excluding tert-OH is 1. The Kier molecular flexibility index (Phi) is 9.25. The van der Waals surface area contributed by atoms with Crippen molar-refractivity contribution in [2.24, 2.45) is 4.99 Å². The first kappa shape index (κ1) is 24.4. The van der Waals surface area contributed by atoms with E-state index in [4.69, 9.17) is 4.99 Å². The molecule has 3 N–H and O–H groups in total. The van der Waals surface area contributed by atoms with E-state index in [2.05, 4.69) is 50.8 Å². The number of benzene rings is 2. The van der Waals surface area contributed by atoms with Gasteiger partial charge in [0.15, 0.2) is 5.96 Å². The Labute approximate surface area is 207 Å². The second-order valence-corrected chi connectivity index (χ2v) is 7.97. The Morgan fingerprint density at radius 1 is 1.09 bits per heavy atom. The van der Waals surface area contributed by atoms with Gasteiger partial charge in [-0.15, -0.1) is 24.0 Å². The maximum atomic E-state index is 10.6. The highest BCUT2D eigenvalue weighted by atomic mass is 127. The molecule has 7 heteroatoms. The predicted molar refractivity (Wildman–Crippen MR) is 141 cm³/mol. The highest BCUT2D eigenvalue weighted by molar-refractivity contribution is 14.0. The summed E-state index contributed by atoms with van der Waals surface area (Å²) in [4.78, 5) is 11.5. The van der Waals surface area contributed by atoms with Gasteiger partial charge >= 0.3 is 0 Å². The van der Waals surface area contributed by atoms with Gasteiger partial charge in [0.25, 0.3) is 0 Å². The minimum absolute atomic E-state index is 0. The average molecular weight is 545 g/mol. The second-order valence-electron chi connectivity index (χ2n) is 7.97. The summed E-state index contributed by atoms with van der Waals surface area (Å²) in [6, 6.07) is 18.7. The Bertz CT molecular complexity index is 1040. The Morgan fingerprint density at radius 3 is 2.72 bits per heavy atom. The van der Waals surface area contributed by atoms with Gasteiger partial charge in [0, 0.05) is 44.3 Å². The van der Waals surface area contributed by atoms with Crippen molar-refractivity contribution in [2.45, 2.75) is 32.5 Å². The molecular formula is C25H32IN5O. The highest BCUT2D eigenvalue weighted by Gasteiger charge is 2.18. The first-order valence-electron chi connectivity index (χ1n) is 11.0. The molecule has 0 aliphatic carbocycles. The van der Waals surface area contributed by atoms with Crippen LogP contribution in [0.3, 0.4) is 0 Å². The van der Waals surface area contributed by atoms with Crippen LogP contribution >= 0.6 is 24.0 Å². The number of rotatable bonds is 7. The van der Waals surface area contributed by atoms with Crippen molar-refractivity contribution in [3.8, 4) is 0 Å². The molecule has 170 valence electrons. The van der Waals surface area contributed by atoms with Crippen LogP contribution in [0, 0.1) is 0 Å².